The van der Waals surface area contributed by atoms with Gasteiger partial charge in [0, 0.05) is 13.7 Å². The van der Waals surface area contributed by atoms with E-state index in [0.717, 1.165) is 0 Å². The van der Waals surface area contributed by atoms with E-state index in [0.29, 0.717) is 30.0 Å². The molecule has 0 unspecified atom stereocenters. The Hall–Kier alpha value is -2.08. The molecule has 0 aliphatic carbocycles. The Labute approximate surface area is 117 Å². The molecule has 0 atom stereocenters. The zero-order chi connectivity index (χ0) is 15.1. The van der Waals surface area contributed by atoms with Crippen LogP contribution in [0.4, 0.5) is 0 Å². The highest BCUT2D eigenvalue weighted by Gasteiger charge is 2.12. The van der Waals surface area contributed by atoms with Crippen LogP contribution < -0.4 is 10.1 Å². The predicted octanol–water partition coefficient (Wildman–Crippen LogP) is 1.14. The number of carboxylic acids is 1. The van der Waals surface area contributed by atoms with Crippen LogP contribution in [-0.4, -0.2) is 43.9 Å². The zero-order valence-electron chi connectivity index (χ0n) is 11.9. The highest BCUT2D eigenvalue weighted by atomic mass is 16.5. The van der Waals surface area contributed by atoms with Crippen molar-refractivity contribution >= 4 is 11.9 Å². The molecule has 1 aromatic carbocycles. The number of methoxy groups -OCH3 is 1. The predicted molar refractivity (Wildman–Crippen MR) is 73.3 cm³/mol. The average Bonchev–Trinajstić information content (AvgIpc) is 2.37. The van der Waals surface area contributed by atoms with E-state index in [9.17, 15) is 9.59 Å². The molecular weight excluding hydrogens is 262 g/mol. The Morgan fingerprint density at radius 2 is 1.85 bits per heavy atom. The maximum atomic E-state index is 11.5. The number of hydrogen-bond acceptors (Lipinski definition) is 4. The first-order valence-corrected chi connectivity index (χ1v) is 6.18. The quantitative estimate of drug-likeness (QED) is 0.732. The van der Waals surface area contributed by atoms with Crippen LogP contribution in [0.5, 0.6) is 5.75 Å². The number of rotatable bonds is 7. The maximum absolute atomic E-state index is 11.5. The Morgan fingerprint density at radius 1 is 1.25 bits per heavy atom. The number of benzene rings is 1. The minimum atomic E-state index is -0.986. The molecule has 0 spiro atoms. The van der Waals surface area contributed by atoms with Crippen molar-refractivity contribution in [2.24, 2.45) is 0 Å². The summed E-state index contributed by atoms with van der Waals surface area (Å²) in [5, 5.41) is 11.6. The standard InChI is InChI=1S/C14H19NO5/c1-9-6-11(14(17)18)7-10(2)13(9)20-8-12(16)15-4-5-19-3/h6-7H,4-5,8H2,1-3H3,(H,15,16)(H,17,18). The van der Waals surface area contributed by atoms with Crippen LogP contribution in [0.15, 0.2) is 12.1 Å². The molecule has 20 heavy (non-hydrogen) atoms. The molecular formula is C14H19NO5. The molecule has 1 amide bonds. The number of carboxylic acid groups (broad SMARTS) is 1. The number of hydrogen-bond donors (Lipinski definition) is 2. The van der Waals surface area contributed by atoms with Crippen molar-refractivity contribution in [2.45, 2.75) is 13.8 Å². The topological polar surface area (TPSA) is 84.9 Å². The molecule has 0 aromatic heterocycles. The number of ether oxygens (including phenoxy) is 2. The van der Waals surface area contributed by atoms with Gasteiger partial charge in [-0.3, -0.25) is 4.79 Å². The fraction of sp³-hybridized carbons (Fsp3) is 0.429. The molecule has 0 fully saturated rings. The van der Waals surface area contributed by atoms with Crippen molar-refractivity contribution in [3.05, 3.63) is 28.8 Å². The summed E-state index contributed by atoms with van der Waals surface area (Å²) < 4.78 is 10.3. The van der Waals surface area contributed by atoms with Crippen LogP contribution in [0.2, 0.25) is 0 Å². The van der Waals surface area contributed by atoms with Crippen molar-refractivity contribution in [1.82, 2.24) is 5.32 Å². The van der Waals surface area contributed by atoms with Crippen LogP contribution >= 0.6 is 0 Å². The molecule has 6 heteroatoms. The van der Waals surface area contributed by atoms with Crippen molar-refractivity contribution in [2.75, 3.05) is 26.9 Å². The summed E-state index contributed by atoms with van der Waals surface area (Å²) in [7, 11) is 1.55. The minimum Gasteiger partial charge on any atom is -0.483 e. The Morgan fingerprint density at radius 3 is 2.35 bits per heavy atom. The van der Waals surface area contributed by atoms with Crippen molar-refractivity contribution in [3.8, 4) is 5.75 Å². The summed E-state index contributed by atoms with van der Waals surface area (Å²) in [4.78, 5) is 22.4. The first-order chi connectivity index (χ1) is 9.45. The van der Waals surface area contributed by atoms with Gasteiger partial charge in [-0.1, -0.05) is 0 Å². The van der Waals surface area contributed by atoms with Gasteiger partial charge < -0.3 is 19.9 Å². The SMILES string of the molecule is COCCNC(=O)COc1c(C)cc(C(=O)O)cc1C. The molecule has 0 heterocycles. The lowest BCUT2D eigenvalue weighted by molar-refractivity contribution is -0.123. The second-order valence-electron chi connectivity index (χ2n) is 4.38. The van der Waals surface area contributed by atoms with Crippen LogP contribution in [0.25, 0.3) is 0 Å². The van der Waals surface area contributed by atoms with Gasteiger partial charge in [0.2, 0.25) is 0 Å². The van der Waals surface area contributed by atoms with E-state index in [4.69, 9.17) is 14.6 Å². The highest BCUT2D eigenvalue weighted by Crippen LogP contribution is 2.24. The molecule has 0 saturated carbocycles. The fourth-order valence-corrected chi connectivity index (χ4v) is 1.78. The number of amides is 1. The van der Waals surface area contributed by atoms with Crippen LogP contribution in [0.1, 0.15) is 21.5 Å². The van der Waals surface area contributed by atoms with Crippen LogP contribution in [0.3, 0.4) is 0 Å². The smallest absolute Gasteiger partial charge is 0.335 e. The normalized spacial score (nSPS) is 10.2. The van der Waals surface area contributed by atoms with Crippen LogP contribution in [-0.2, 0) is 9.53 Å². The first-order valence-electron chi connectivity index (χ1n) is 6.18. The molecule has 1 rings (SSSR count). The maximum Gasteiger partial charge on any atom is 0.335 e. The van der Waals surface area contributed by atoms with Gasteiger partial charge in [0.15, 0.2) is 6.61 Å². The molecule has 0 radical (unpaired) electrons. The summed E-state index contributed by atoms with van der Waals surface area (Å²) in [5.41, 5.74) is 1.58. The number of aromatic carboxylic acids is 1. The summed E-state index contributed by atoms with van der Waals surface area (Å²) in [6.45, 7) is 4.25. The van der Waals surface area contributed by atoms with E-state index in [-0.39, 0.29) is 18.1 Å². The summed E-state index contributed by atoms with van der Waals surface area (Å²) in [6.07, 6.45) is 0. The molecule has 2 N–H and O–H groups in total. The third-order valence-electron chi connectivity index (χ3n) is 2.68. The Kier molecular flexibility index (Phi) is 5.99. The van der Waals surface area contributed by atoms with Gasteiger partial charge >= 0.3 is 5.97 Å². The largest absolute Gasteiger partial charge is 0.483 e. The monoisotopic (exact) mass is 281 g/mol. The van der Waals surface area contributed by atoms with E-state index in [1.54, 1.807) is 21.0 Å². The number of carbonyl (C=O) groups excluding carboxylic acids is 1. The zero-order valence-corrected chi connectivity index (χ0v) is 11.9. The summed E-state index contributed by atoms with van der Waals surface area (Å²) in [5.74, 6) is -0.694. The van der Waals surface area contributed by atoms with Crippen molar-refractivity contribution < 1.29 is 24.2 Å². The van der Waals surface area contributed by atoms with Gasteiger partial charge in [0.1, 0.15) is 5.75 Å². The lowest BCUT2D eigenvalue weighted by Crippen LogP contribution is -2.31. The fourth-order valence-electron chi connectivity index (χ4n) is 1.78. The third-order valence-corrected chi connectivity index (χ3v) is 2.68. The van der Waals surface area contributed by atoms with E-state index in [1.807, 2.05) is 0 Å². The molecule has 6 nitrogen and oxygen atoms in total. The van der Waals surface area contributed by atoms with E-state index >= 15 is 0 Å². The third kappa shape index (κ3) is 4.55. The second kappa shape index (κ2) is 7.49. The molecule has 0 aliphatic heterocycles. The second-order valence-corrected chi connectivity index (χ2v) is 4.38. The summed E-state index contributed by atoms with van der Waals surface area (Å²) in [6, 6.07) is 3.04. The molecule has 110 valence electrons. The molecule has 0 bridgehead atoms. The van der Waals surface area contributed by atoms with E-state index in [1.165, 1.54) is 12.1 Å². The molecule has 0 saturated heterocycles. The lowest BCUT2D eigenvalue weighted by Gasteiger charge is -2.13. The van der Waals surface area contributed by atoms with Crippen LogP contribution in [0, 0.1) is 13.8 Å². The van der Waals surface area contributed by atoms with Gasteiger partial charge in [-0.15, -0.1) is 0 Å². The molecule has 0 aliphatic rings. The lowest BCUT2D eigenvalue weighted by atomic mass is 10.1. The summed E-state index contributed by atoms with van der Waals surface area (Å²) >= 11 is 0. The van der Waals surface area contributed by atoms with Gasteiger partial charge in [-0.2, -0.15) is 0 Å². The number of carbonyl (C=O) groups is 2. The van der Waals surface area contributed by atoms with Crippen molar-refractivity contribution in [3.63, 3.8) is 0 Å². The molecule has 1 aromatic rings. The minimum absolute atomic E-state index is 0.113. The highest BCUT2D eigenvalue weighted by molar-refractivity contribution is 5.88. The van der Waals surface area contributed by atoms with Gasteiger partial charge in [-0.25, -0.2) is 4.79 Å². The van der Waals surface area contributed by atoms with Crippen molar-refractivity contribution in [1.29, 1.82) is 0 Å². The first kappa shape index (κ1) is 16.0. The van der Waals surface area contributed by atoms with Gasteiger partial charge in [-0.05, 0) is 37.1 Å². The van der Waals surface area contributed by atoms with E-state index in [2.05, 4.69) is 5.32 Å². The Balaban J connectivity index is 2.64. The Bertz CT molecular complexity index is 475. The average molecular weight is 281 g/mol. The van der Waals surface area contributed by atoms with E-state index < -0.39 is 5.97 Å². The number of nitrogens with one attached hydrogen (secondary N) is 1. The number of aryl methyl sites for hydroxylation is 2. The van der Waals surface area contributed by atoms with Gasteiger partial charge in [0.05, 0.1) is 12.2 Å². The van der Waals surface area contributed by atoms with Gasteiger partial charge in [0.25, 0.3) is 5.91 Å².